The molecule has 1 aliphatic heterocycles. The quantitative estimate of drug-likeness (QED) is 0.907. The van der Waals surface area contributed by atoms with Crippen LogP contribution in [-0.2, 0) is 9.59 Å². The summed E-state index contributed by atoms with van der Waals surface area (Å²) in [6, 6.07) is 0. The first kappa shape index (κ1) is 16.0. The van der Waals surface area contributed by atoms with E-state index < -0.39 is 0 Å². The number of likely N-dealkylation sites (tertiary alicyclic amines) is 1. The molecule has 2 heterocycles. The van der Waals surface area contributed by atoms with Crippen LogP contribution >= 0.6 is 11.3 Å². The van der Waals surface area contributed by atoms with Gasteiger partial charge in [-0.3, -0.25) is 9.59 Å². The van der Waals surface area contributed by atoms with Crippen LogP contribution in [0.15, 0.2) is 5.51 Å². The van der Waals surface area contributed by atoms with E-state index in [1.165, 1.54) is 37.0 Å². The number of carbonyl (C=O) groups is 2. The van der Waals surface area contributed by atoms with E-state index in [1.807, 2.05) is 4.90 Å². The highest BCUT2D eigenvalue weighted by Crippen LogP contribution is 2.49. The molecule has 4 rings (SSSR count). The van der Waals surface area contributed by atoms with Crippen LogP contribution in [0.25, 0.3) is 0 Å². The Morgan fingerprint density at radius 1 is 1.29 bits per heavy atom. The highest BCUT2D eigenvalue weighted by Gasteiger charge is 2.41. The number of amides is 2. The first-order chi connectivity index (χ1) is 11.7. The van der Waals surface area contributed by atoms with Gasteiger partial charge >= 0.3 is 0 Å². The fourth-order valence-corrected chi connectivity index (χ4v) is 5.28. The average Bonchev–Trinajstić information content (AvgIpc) is 3.33. The van der Waals surface area contributed by atoms with Gasteiger partial charge in [0.25, 0.3) is 0 Å². The lowest BCUT2D eigenvalue weighted by Gasteiger charge is -2.33. The molecule has 4 atom stereocenters. The molecule has 6 nitrogen and oxygen atoms in total. The van der Waals surface area contributed by atoms with Crippen molar-refractivity contribution in [1.82, 2.24) is 15.1 Å². The van der Waals surface area contributed by atoms with Gasteiger partial charge in [-0.1, -0.05) is 17.8 Å². The highest BCUT2D eigenvalue weighted by molar-refractivity contribution is 7.13. The Labute approximate surface area is 146 Å². The zero-order valence-electron chi connectivity index (χ0n) is 13.8. The third-order valence-corrected chi connectivity index (χ3v) is 6.66. The van der Waals surface area contributed by atoms with Crippen molar-refractivity contribution in [3.63, 3.8) is 0 Å². The lowest BCUT2D eigenvalue weighted by Crippen LogP contribution is -2.44. The summed E-state index contributed by atoms with van der Waals surface area (Å²) in [5.41, 5.74) is 1.60. The van der Waals surface area contributed by atoms with Gasteiger partial charge in [-0.15, -0.1) is 10.2 Å². The molecule has 0 spiro atoms. The number of hydrogen-bond donors (Lipinski definition) is 1. The molecule has 130 valence electrons. The average molecular weight is 348 g/mol. The minimum atomic E-state index is -0.133. The number of piperidine rings is 1. The van der Waals surface area contributed by atoms with Crippen LogP contribution in [-0.4, -0.2) is 40.0 Å². The molecule has 1 saturated heterocycles. The van der Waals surface area contributed by atoms with E-state index >= 15 is 0 Å². The fraction of sp³-hybridized carbons (Fsp3) is 0.765. The second-order valence-electron chi connectivity index (χ2n) is 7.55. The van der Waals surface area contributed by atoms with Crippen molar-refractivity contribution in [3.05, 3.63) is 5.51 Å². The third-order valence-electron chi connectivity index (χ3n) is 6.06. The molecule has 2 bridgehead atoms. The Kier molecular flexibility index (Phi) is 4.52. The Hall–Kier alpha value is -1.50. The van der Waals surface area contributed by atoms with Crippen molar-refractivity contribution < 1.29 is 9.59 Å². The SMILES string of the molecule is O=C(Nc1nncs1)[C@H]1CCCN(C(=O)C[C@@H]2C[C@H]3CC[C@H]2C3)C1. The monoisotopic (exact) mass is 348 g/mol. The summed E-state index contributed by atoms with van der Waals surface area (Å²) < 4.78 is 0. The van der Waals surface area contributed by atoms with Gasteiger partial charge in [0.1, 0.15) is 5.51 Å². The molecule has 1 aromatic heterocycles. The van der Waals surface area contributed by atoms with Gasteiger partial charge in [0, 0.05) is 19.5 Å². The van der Waals surface area contributed by atoms with E-state index in [2.05, 4.69) is 15.5 Å². The molecule has 2 saturated carbocycles. The normalized spacial score (nSPS) is 32.1. The summed E-state index contributed by atoms with van der Waals surface area (Å²) in [7, 11) is 0. The van der Waals surface area contributed by atoms with Gasteiger partial charge in [-0.2, -0.15) is 0 Å². The van der Waals surface area contributed by atoms with Crippen molar-refractivity contribution in [2.24, 2.45) is 23.7 Å². The number of nitrogens with one attached hydrogen (secondary N) is 1. The molecule has 24 heavy (non-hydrogen) atoms. The predicted molar refractivity (Wildman–Crippen MR) is 91.4 cm³/mol. The number of carbonyl (C=O) groups excluding carboxylic acids is 2. The van der Waals surface area contributed by atoms with Gasteiger partial charge < -0.3 is 10.2 Å². The maximum absolute atomic E-state index is 12.7. The van der Waals surface area contributed by atoms with Gasteiger partial charge in [0.2, 0.25) is 16.9 Å². The minimum absolute atomic E-state index is 0.0378. The molecule has 2 amide bonds. The molecular weight excluding hydrogens is 324 g/mol. The molecule has 0 unspecified atom stereocenters. The largest absolute Gasteiger partial charge is 0.342 e. The molecule has 1 aromatic rings. The topological polar surface area (TPSA) is 75.2 Å². The summed E-state index contributed by atoms with van der Waals surface area (Å²) in [6.45, 7) is 1.34. The van der Waals surface area contributed by atoms with Crippen LogP contribution in [0.2, 0.25) is 0 Å². The molecular formula is C17H24N4O2S. The first-order valence-electron chi connectivity index (χ1n) is 9.04. The Balaban J connectivity index is 1.31. The highest BCUT2D eigenvalue weighted by atomic mass is 32.1. The zero-order valence-corrected chi connectivity index (χ0v) is 14.6. The van der Waals surface area contributed by atoms with Crippen LogP contribution < -0.4 is 5.32 Å². The summed E-state index contributed by atoms with van der Waals surface area (Å²) in [5.74, 6) is 2.32. The van der Waals surface area contributed by atoms with E-state index in [0.717, 1.165) is 31.2 Å². The number of anilines is 1. The zero-order chi connectivity index (χ0) is 16.5. The minimum Gasteiger partial charge on any atom is -0.342 e. The summed E-state index contributed by atoms with van der Waals surface area (Å²) in [4.78, 5) is 27.0. The van der Waals surface area contributed by atoms with Gasteiger partial charge in [0.15, 0.2) is 0 Å². The van der Waals surface area contributed by atoms with Gasteiger partial charge in [-0.25, -0.2) is 0 Å². The van der Waals surface area contributed by atoms with Crippen molar-refractivity contribution in [2.45, 2.75) is 44.9 Å². The summed E-state index contributed by atoms with van der Waals surface area (Å²) in [5, 5.41) is 10.9. The van der Waals surface area contributed by atoms with Crippen molar-refractivity contribution in [1.29, 1.82) is 0 Å². The van der Waals surface area contributed by atoms with Crippen LogP contribution in [0.1, 0.15) is 44.9 Å². The standard InChI is InChI=1S/C17H24N4O2S/c22-15(8-14-7-11-3-4-12(14)6-11)21-5-1-2-13(9-21)16(23)19-17-20-18-10-24-17/h10-14H,1-9H2,(H,19,20,23)/t11-,12-,13-,14-/m0/s1. The lowest BCUT2D eigenvalue weighted by molar-refractivity contribution is -0.135. The van der Waals surface area contributed by atoms with Crippen LogP contribution in [0, 0.1) is 23.7 Å². The number of nitrogens with zero attached hydrogens (tertiary/aromatic N) is 3. The number of fused-ring (bicyclic) bond motifs is 2. The Morgan fingerprint density at radius 2 is 2.21 bits per heavy atom. The van der Waals surface area contributed by atoms with Crippen molar-refractivity contribution in [2.75, 3.05) is 18.4 Å². The molecule has 0 aromatic carbocycles. The summed E-state index contributed by atoms with van der Waals surface area (Å²) in [6.07, 6.45) is 7.68. The Morgan fingerprint density at radius 3 is 2.92 bits per heavy atom. The van der Waals surface area contributed by atoms with E-state index in [-0.39, 0.29) is 17.7 Å². The molecule has 3 aliphatic rings. The van der Waals surface area contributed by atoms with Crippen molar-refractivity contribution >= 4 is 28.3 Å². The number of rotatable bonds is 4. The smallest absolute Gasteiger partial charge is 0.231 e. The molecule has 1 N–H and O–H groups in total. The number of aromatic nitrogens is 2. The maximum Gasteiger partial charge on any atom is 0.231 e. The molecule has 7 heteroatoms. The molecule has 2 aliphatic carbocycles. The second-order valence-corrected chi connectivity index (χ2v) is 8.38. The summed E-state index contributed by atoms with van der Waals surface area (Å²) >= 11 is 1.32. The third kappa shape index (κ3) is 3.31. The molecule has 0 radical (unpaired) electrons. The van der Waals surface area contributed by atoms with Crippen molar-refractivity contribution in [3.8, 4) is 0 Å². The number of hydrogen-bond acceptors (Lipinski definition) is 5. The maximum atomic E-state index is 12.7. The van der Waals surface area contributed by atoms with Crippen LogP contribution in [0.3, 0.4) is 0 Å². The van der Waals surface area contributed by atoms with Gasteiger partial charge in [0.05, 0.1) is 5.92 Å². The van der Waals surface area contributed by atoms with Crippen LogP contribution in [0.5, 0.6) is 0 Å². The molecule has 3 fully saturated rings. The van der Waals surface area contributed by atoms with E-state index in [0.29, 0.717) is 24.0 Å². The second kappa shape index (κ2) is 6.78. The Bertz CT molecular complexity index is 606. The fourth-order valence-electron chi connectivity index (χ4n) is 4.83. The van der Waals surface area contributed by atoms with E-state index in [9.17, 15) is 9.59 Å². The van der Waals surface area contributed by atoms with E-state index in [4.69, 9.17) is 0 Å². The predicted octanol–water partition coefficient (Wildman–Crippen LogP) is 2.54. The van der Waals surface area contributed by atoms with Gasteiger partial charge in [-0.05, 0) is 49.9 Å². The van der Waals surface area contributed by atoms with Crippen LogP contribution in [0.4, 0.5) is 5.13 Å². The lowest BCUT2D eigenvalue weighted by atomic mass is 9.85. The van der Waals surface area contributed by atoms with E-state index in [1.54, 1.807) is 5.51 Å². The first-order valence-corrected chi connectivity index (χ1v) is 9.92.